The lowest BCUT2D eigenvalue weighted by molar-refractivity contribution is -0.135. The monoisotopic (exact) mass is 284 g/mol. The Morgan fingerprint density at radius 1 is 1.00 bits per heavy atom. The van der Waals surface area contributed by atoms with E-state index in [1.165, 1.54) is 44.1 Å². The van der Waals surface area contributed by atoms with Gasteiger partial charge in [0.25, 0.3) is 0 Å². The molecule has 0 heterocycles. The van der Waals surface area contributed by atoms with Gasteiger partial charge < -0.3 is 4.74 Å². The van der Waals surface area contributed by atoms with Crippen LogP contribution >= 0.6 is 0 Å². The van der Waals surface area contributed by atoms with E-state index in [1.807, 2.05) is 0 Å². The molecule has 1 aromatic rings. The quantitative estimate of drug-likeness (QED) is 0.751. The zero-order valence-corrected chi connectivity index (χ0v) is 13.3. The van der Waals surface area contributed by atoms with Crippen LogP contribution < -0.4 is 0 Å². The minimum Gasteiger partial charge on any atom is -0.378 e. The SMILES string of the molecule is CC(OCCc1ccccc1)C12CC3CC(CC(C3)C1)C2. The predicted octanol–water partition coefficient (Wildman–Crippen LogP) is 4.85. The van der Waals surface area contributed by atoms with Crippen molar-refractivity contribution in [3.8, 4) is 0 Å². The van der Waals surface area contributed by atoms with E-state index < -0.39 is 0 Å². The Kier molecular flexibility index (Phi) is 3.57. The van der Waals surface area contributed by atoms with Gasteiger partial charge in [0.05, 0.1) is 12.7 Å². The van der Waals surface area contributed by atoms with Crippen LogP contribution in [-0.2, 0) is 11.2 Å². The first-order chi connectivity index (χ1) is 10.2. The number of benzene rings is 1. The molecule has 4 fully saturated rings. The predicted molar refractivity (Wildman–Crippen MR) is 86.2 cm³/mol. The highest BCUT2D eigenvalue weighted by atomic mass is 16.5. The third-order valence-electron chi connectivity index (χ3n) is 6.55. The maximum Gasteiger partial charge on any atom is 0.0603 e. The summed E-state index contributed by atoms with van der Waals surface area (Å²) in [5.74, 6) is 3.07. The van der Waals surface area contributed by atoms with E-state index in [0.29, 0.717) is 11.5 Å². The average molecular weight is 284 g/mol. The lowest BCUT2D eigenvalue weighted by atomic mass is 9.48. The van der Waals surface area contributed by atoms with Crippen LogP contribution in [0.1, 0.15) is 51.0 Å². The van der Waals surface area contributed by atoms with Crippen LogP contribution in [0.5, 0.6) is 0 Å². The van der Waals surface area contributed by atoms with Crippen molar-refractivity contribution in [3.05, 3.63) is 35.9 Å². The molecule has 1 heteroatoms. The van der Waals surface area contributed by atoms with E-state index in [1.54, 1.807) is 0 Å². The zero-order chi connectivity index (χ0) is 14.3. The molecule has 5 rings (SSSR count). The van der Waals surface area contributed by atoms with Crippen LogP contribution in [0.25, 0.3) is 0 Å². The van der Waals surface area contributed by atoms with Crippen LogP contribution in [-0.4, -0.2) is 12.7 Å². The van der Waals surface area contributed by atoms with Crippen molar-refractivity contribution < 1.29 is 4.74 Å². The summed E-state index contributed by atoms with van der Waals surface area (Å²) in [5, 5.41) is 0. The molecule has 0 amide bonds. The van der Waals surface area contributed by atoms with E-state index in [9.17, 15) is 0 Å². The van der Waals surface area contributed by atoms with E-state index in [2.05, 4.69) is 37.3 Å². The Labute approximate surface area is 129 Å². The van der Waals surface area contributed by atoms with Gasteiger partial charge in [-0.05, 0) is 80.6 Å². The van der Waals surface area contributed by atoms with Gasteiger partial charge in [-0.2, -0.15) is 0 Å². The van der Waals surface area contributed by atoms with Crippen molar-refractivity contribution in [3.63, 3.8) is 0 Å². The fourth-order valence-corrected chi connectivity index (χ4v) is 5.85. The molecule has 0 saturated heterocycles. The van der Waals surface area contributed by atoms with Crippen LogP contribution in [0.2, 0.25) is 0 Å². The topological polar surface area (TPSA) is 9.23 Å². The lowest BCUT2D eigenvalue weighted by Gasteiger charge is -2.58. The summed E-state index contributed by atoms with van der Waals surface area (Å²) in [5.41, 5.74) is 1.93. The zero-order valence-electron chi connectivity index (χ0n) is 13.3. The first-order valence-corrected chi connectivity index (χ1v) is 8.89. The van der Waals surface area contributed by atoms with E-state index in [4.69, 9.17) is 4.74 Å². The van der Waals surface area contributed by atoms with Crippen molar-refractivity contribution in [2.45, 2.75) is 58.0 Å². The van der Waals surface area contributed by atoms with Gasteiger partial charge in [-0.3, -0.25) is 0 Å². The van der Waals surface area contributed by atoms with Gasteiger partial charge in [0.1, 0.15) is 0 Å². The molecule has 4 bridgehead atoms. The standard InChI is InChI=1S/C20H28O/c1-15(21-8-7-16-5-3-2-4-6-16)20-12-17-9-18(13-20)11-19(10-17)14-20/h2-6,15,17-19H,7-14H2,1H3. The fraction of sp³-hybridized carbons (Fsp3) is 0.700. The molecule has 21 heavy (non-hydrogen) atoms. The minimum absolute atomic E-state index is 0.453. The normalized spacial score (nSPS) is 38.6. The summed E-state index contributed by atoms with van der Waals surface area (Å²) in [6.45, 7) is 3.24. The summed E-state index contributed by atoms with van der Waals surface area (Å²) in [6, 6.07) is 10.7. The second-order valence-electron chi connectivity index (χ2n) is 8.03. The second kappa shape index (κ2) is 5.43. The van der Waals surface area contributed by atoms with Crippen LogP contribution in [0.4, 0.5) is 0 Å². The highest BCUT2D eigenvalue weighted by Gasteiger charge is 2.53. The molecule has 1 nitrogen and oxygen atoms in total. The molecule has 0 N–H and O–H groups in total. The average Bonchev–Trinajstić information content (AvgIpc) is 2.47. The number of hydrogen-bond donors (Lipinski definition) is 0. The van der Waals surface area contributed by atoms with Gasteiger partial charge in [0.2, 0.25) is 0 Å². The summed E-state index contributed by atoms with van der Waals surface area (Å²) < 4.78 is 6.33. The molecular formula is C20H28O. The van der Waals surface area contributed by atoms with Crippen LogP contribution in [0.15, 0.2) is 30.3 Å². The molecular weight excluding hydrogens is 256 g/mol. The van der Waals surface area contributed by atoms with Crippen molar-refractivity contribution in [2.75, 3.05) is 6.61 Å². The lowest BCUT2D eigenvalue weighted by Crippen LogP contribution is -2.51. The smallest absolute Gasteiger partial charge is 0.0603 e. The number of ether oxygens (including phenoxy) is 1. The first-order valence-electron chi connectivity index (χ1n) is 8.89. The Hall–Kier alpha value is -0.820. The van der Waals surface area contributed by atoms with Crippen LogP contribution in [0, 0.1) is 23.2 Å². The summed E-state index contributed by atoms with van der Waals surface area (Å²) in [7, 11) is 0. The van der Waals surface area contributed by atoms with Crippen molar-refractivity contribution in [1.82, 2.24) is 0 Å². The Morgan fingerprint density at radius 3 is 2.14 bits per heavy atom. The molecule has 0 aromatic heterocycles. The third kappa shape index (κ3) is 2.65. The Morgan fingerprint density at radius 2 is 1.57 bits per heavy atom. The molecule has 0 spiro atoms. The minimum atomic E-state index is 0.453. The summed E-state index contributed by atoms with van der Waals surface area (Å²) in [6.07, 6.45) is 10.4. The highest BCUT2D eigenvalue weighted by molar-refractivity contribution is 5.14. The van der Waals surface area contributed by atoms with Gasteiger partial charge >= 0.3 is 0 Å². The van der Waals surface area contributed by atoms with Gasteiger partial charge in [-0.25, -0.2) is 0 Å². The van der Waals surface area contributed by atoms with Gasteiger partial charge in [-0.15, -0.1) is 0 Å². The molecule has 114 valence electrons. The maximum atomic E-state index is 6.33. The van der Waals surface area contributed by atoms with Crippen molar-refractivity contribution in [1.29, 1.82) is 0 Å². The molecule has 1 unspecified atom stereocenters. The second-order valence-corrected chi connectivity index (χ2v) is 8.03. The maximum absolute atomic E-state index is 6.33. The van der Waals surface area contributed by atoms with Gasteiger partial charge in [-0.1, -0.05) is 30.3 Å². The molecule has 0 radical (unpaired) electrons. The van der Waals surface area contributed by atoms with Gasteiger partial charge in [0.15, 0.2) is 0 Å². The molecule has 1 aromatic carbocycles. The molecule has 1 atom stereocenters. The molecule has 4 aliphatic rings. The van der Waals surface area contributed by atoms with E-state index in [0.717, 1.165) is 30.8 Å². The van der Waals surface area contributed by atoms with Crippen molar-refractivity contribution in [2.24, 2.45) is 23.2 Å². The largest absolute Gasteiger partial charge is 0.378 e. The molecule has 4 aliphatic carbocycles. The van der Waals surface area contributed by atoms with Crippen LogP contribution in [0.3, 0.4) is 0 Å². The summed E-state index contributed by atoms with van der Waals surface area (Å²) >= 11 is 0. The Balaban J connectivity index is 1.35. The number of hydrogen-bond acceptors (Lipinski definition) is 1. The molecule has 0 aliphatic heterocycles. The molecule has 4 saturated carbocycles. The van der Waals surface area contributed by atoms with E-state index >= 15 is 0 Å². The van der Waals surface area contributed by atoms with Crippen molar-refractivity contribution >= 4 is 0 Å². The van der Waals surface area contributed by atoms with E-state index in [-0.39, 0.29) is 0 Å². The highest BCUT2D eigenvalue weighted by Crippen LogP contribution is 2.61. The first kappa shape index (κ1) is 13.8. The third-order valence-corrected chi connectivity index (χ3v) is 6.55. The summed E-state index contributed by atoms with van der Waals surface area (Å²) in [4.78, 5) is 0. The van der Waals surface area contributed by atoms with Gasteiger partial charge in [0, 0.05) is 0 Å². The fourth-order valence-electron chi connectivity index (χ4n) is 5.85. The number of rotatable bonds is 5. The Bertz CT molecular complexity index is 443.